The molecule has 106 valence electrons. The molecule has 0 aliphatic carbocycles. The van der Waals surface area contributed by atoms with E-state index in [-0.39, 0.29) is 12.4 Å². The summed E-state index contributed by atoms with van der Waals surface area (Å²) in [5.41, 5.74) is 0. The van der Waals surface area contributed by atoms with Crippen molar-refractivity contribution >= 4 is 46.4 Å². The van der Waals surface area contributed by atoms with Crippen LogP contribution in [0.5, 0.6) is 0 Å². The number of carbonyl (C=O) groups excluding carboxylic acids is 1. The molecule has 0 spiro atoms. The summed E-state index contributed by atoms with van der Waals surface area (Å²) in [6.45, 7) is 0. The topological polar surface area (TPSA) is 66.8 Å². The Kier molecular flexibility index (Phi) is 6.86. The van der Waals surface area contributed by atoms with E-state index < -0.39 is 5.97 Å². The number of aliphatic carboxylic acids is 1. The lowest BCUT2D eigenvalue weighted by atomic mass is 10.1. The summed E-state index contributed by atoms with van der Waals surface area (Å²) in [6, 6.07) is 0. The summed E-state index contributed by atoms with van der Waals surface area (Å²) in [7, 11) is 0. The van der Waals surface area contributed by atoms with Gasteiger partial charge in [0.25, 0.3) is 0 Å². The Labute approximate surface area is 122 Å². The Balaban J connectivity index is 2.10. The molecule has 0 atom stereocenters. The van der Waals surface area contributed by atoms with Crippen molar-refractivity contribution in [2.24, 2.45) is 0 Å². The zero-order valence-corrected chi connectivity index (χ0v) is 12.2. The molecule has 1 aliphatic rings. The quantitative estimate of drug-likeness (QED) is 0.546. The molecule has 1 aliphatic heterocycles. The van der Waals surface area contributed by atoms with Crippen LogP contribution in [0, 0.1) is 0 Å². The van der Waals surface area contributed by atoms with Crippen LogP contribution < -0.4 is 0 Å². The summed E-state index contributed by atoms with van der Waals surface area (Å²) >= 11 is 10.1. The van der Waals surface area contributed by atoms with Crippen molar-refractivity contribution < 1.29 is 19.5 Å². The van der Waals surface area contributed by atoms with Crippen molar-refractivity contribution in [2.75, 3.05) is 0 Å². The highest BCUT2D eigenvalue weighted by Crippen LogP contribution is 2.16. The minimum Gasteiger partial charge on any atom is -0.481 e. The highest BCUT2D eigenvalue weighted by atomic mass is 32.1. The largest absolute Gasteiger partial charge is 0.481 e. The molecule has 0 aromatic rings. The number of carboxylic acids is 1. The van der Waals surface area contributed by atoms with Gasteiger partial charge in [-0.25, -0.2) is 4.79 Å². The van der Waals surface area contributed by atoms with E-state index in [0.29, 0.717) is 42.1 Å². The minimum absolute atomic E-state index is 0.181. The number of carbonyl (C=O) groups is 2. The summed E-state index contributed by atoms with van der Waals surface area (Å²) in [5, 5.41) is 9.74. The summed E-state index contributed by atoms with van der Waals surface area (Å²) in [6.07, 6.45) is 4.76. The maximum atomic E-state index is 11.6. The predicted molar refractivity (Wildman–Crippen MR) is 77.7 cm³/mol. The third-order valence-electron chi connectivity index (χ3n) is 2.72. The van der Waals surface area contributed by atoms with Crippen molar-refractivity contribution in [1.82, 2.24) is 5.06 Å². The molecule has 5 nitrogen and oxygen atoms in total. The Morgan fingerprint density at radius 2 is 1.58 bits per heavy atom. The molecule has 7 heteroatoms. The van der Waals surface area contributed by atoms with Gasteiger partial charge in [0, 0.05) is 25.7 Å². The molecular formula is C12H17NO4S2. The van der Waals surface area contributed by atoms with E-state index >= 15 is 0 Å². The van der Waals surface area contributed by atoms with Gasteiger partial charge in [-0.05, 0) is 12.8 Å². The van der Waals surface area contributed by atoms with Gasteiger partial charge in [-0.2, -0.15) is 5.06 Å². The van der Waals surface area contributed by atoms with E-state index in [9.17, 15) is 9.59 Å². The fourth-order valence-electron chi connectivity index (χ4n) is 1.70. The molecule has 1 rings (SSSR count). The maximum absolute atomic E-state index is 11.6. The van der Waals surface area contributed by atoms with Crippen molar-refractivity contribution in [1.29, 1.82) is 0 Å². The molecule has 0 amide bonds. The van der Waals surface area contributed by atoms with Gasteiger partial charge in [0.15, 0.2) is 0 Å². The molecule has 0 bridgehead atoms. The molecule has 0 saturated carbocycles. The summed E-state index contributed by atoms with van der Waals surface area (Å²) in [4.78, 5) is 28.1. The highest BCUT2D eigenvalue weighted by molar-refractivity contribution is 7.82. The summed E-state index contributed by atoms with van der Waals surface area (Å²) in [5.74, 6) is -1.12. The number of carboxylic acid groups (broad SMARTS) is 1. The van der Waals surface area contributed by atoms with E-state index in [2.05, 4.69) is 0 Å². The van der Waals surface area contributed by atoms with E-state index in [1.165, 1.54) is 5.06 Å². The zero-order valence-electron chi connectivity index (χ0n) is 10.6. The lowest BCUT2D eigenvalue weighted by molar-refractivity contribution is -0.161. The molecule has 0 aromatic carbocycles. The van der Waals surface area contributed by atoms with Gasteiger partial charge in [-0.15, -0.1) is 0 Å². The number of hydroxylamine groups is 2. The first-order valence-corrected chi connectivity index (χ1v) is 7.10. The molecule has 1 N–H and O–H groups in total. The standard InChI is InChI=1S/C12H17NO4S2/c14-11(15)5-3-1-2-4-6-12(16)17-13-9(18)7-8-10(13)19/h1-8H2,(H,14,15). The van der Waals surface area contributed by atoms with Gasteiger partial charge < -0.3 is 9.94 Å². The maximum Gasteiger partial charge on any atom is 0.332 e. The third-order valence-corrected chi connectivity index (χ3v) is 3.46. The van der Waals surface area contributed by atoms with Crippen LogP contribution in [0.25, 0.3) is 0 Å². The fraction of sp³-hybridized carbons (Fsp3) is 0.667. The van der Waals surface area contributed by atoms with Gasteiger partial charge in [-0.3, -0.25) is 4.79 Å². The number of unbranched alkanes of at least 4 members (excludes halogenated alkanes) is 3. The first-order chi connectivity index (χ1) is 9.00. The van der Waals surface area contributed by atoms with Crippen LogP contribution in [-0.4, -0.2) is 32.1 Å². The van der Waals surface area contributed by atoms with Gasteiger partial charge in [0.1, 0.15) is 9.98 Å². The van der Waals surface area contributed by atoms with E-state index in [4.69, 9.17) is 34.4 Å². The Bertz CT molecular complexity index is 368. The molecule has 1 heterocycles. The Hall–Kier alpha value is -1.08. The van der Waals surface area contributed by atoms with E-state index in [0.717, 1.165) is 12.8 Å². The second kappa shape index (κ2) is 8.16. The normalized spacial score (nSPS) is 14.8. The second-order valence-corrected chi connectivity index (χ2v) is 5.30. The van der Waals surface area contributed by atoms with Crippen LogP contribution in [0.2, 0.25) is 0 Å². The van der Waals surface area contributed by atoms with Crippen molar-refractivity contribution in [3.05, 3.63) is 0 Å². The van der Waals surface area contributed by atoms with Gasteiger partial charge in [-0.1, -0.05) is 37.3 Å². The number of hydrogen-bond donors (Lipinski definition) is 1. The highest BCUT2D eigenvalue weighted by Gasteiger charge is 2.26. The Morgan fingerprint density at radius 1 is 1.05 bits per heavy atom. The molecule has 1 saturated heterocycles. The fourth-order valence-corrected chi connectivity index (χ4v) is 2.26. The van der Waals surface area contributed by atoms with Gasteiger partial charge >= 0.3 is 11.9 Å². The lowest BCUT2D eigenvalue weighted by Gasteiger charge is -2.16. The van der Waals surface area contributed by atoms with Crippen LogP contribution in [-0.2, 0) is 14.4 Å². The summed E-state index contributed by atoms with van der Waals surface area (Å²) < 4.78 is 0. The molecule has 0 radical (unpaired) electrons. The molecule has 0 unspecified atom stereocenters. The van der Waals surface area contributed by atoms with Crippen molar-refractivity contribution in [3.63, 3.8) is 0 Å². The zero-order chi connectivity index (χ0) is 14.3. The van der Waals surface area contributed by atoms with Crippen LogP contribution in [0.15, 0.2) is 0 Å². The smallest absolute Gasteiger partial charge is 0.332 e. The van der Waals surface area contributed by atoms with Gasteiger partial charge in [0.05, 0.1) is 0 Å². The number of nitrogens with zero attached hydrogens (tertiary/aromatic N) is 1. The number of hydrogen-bond acceptors (Lipinski definition) is 5. The average molecular weight is 303 g/mol. The Morgan fingerprint density at radius 3 is 2.11 bits per heavy atom. The average Bonchev–Trinajstić information content (AvgIpc) is 2.65. The third kappa shape index (κ3) is 6.07. The molecular weight excluding hydrogens is 286 g/mol. The molecule has 19 heavy (non-hydrogen) atoms. The first kappa shape index (κ1) is 16.0. The second-order valence-electron chi connectivity index (χ2n) is 4.35. The van der Waals surface area contributed by atoms with Crippen LogP contribution >= 0.6 is 24.4 Å². The van der Waals surface area contributed by atoms with Crippen LogP contribution in [0.3, 0.4) is 0 Å². The van der Waals surface area contributed by atoms with Crippen LogP contribution in [0.1, 0.15) is 51.4 Å². The number of rotatable bonds is 8. The van der Waals surface area contributed by atoms with Crippen molar-refractivity contribution in [2.45, 2.75) is 51.4 Å². The van der Waals surface area contributed by atoms with Crippen LogP contribution in [0.4, 0.5) is 0 Å². The minimum atomic E-state index is -0.782. The lowest BCUT2D eigenvalue weighted by Crippen LogP contribution is -2.30. The molecule has 1 fully saturated rings. The SMILES string of the molecule is O=C(O)CCCCCCC(=O)ON1C(=S)CCC1=S. The predicted octanol–water partition coefficient (Wildman–Crippen LogP) is 2.62. The van der Waals surface area contributed by atoms with Crippen molar-refractivity contribution in [3.8, 4) is 0 Å². The monoisotopic (exact) mass is 303 g/mol. The van der Waals surface area contributed by atoms with Gasteiger partial charge in [0.2, 0.25) is 0 Å². The first-order valence-electron chi connectivity index (χ1n) is 6.29. The van der Waals surface area contributed by atoms with E-state index in [1.54, 1.807) is 0 Å². The van der Waals surface area contributed by atoms with E-state index in [1.807, 2.05) is 0 Å². The molecule has 0 aromatic heterocycles. The number of thiocarbonyl (C=S) groups is 2.